The minimum absolute atomic E-state index is 0.0758. The lowest BCUT2D eigenvalue weighted by Gasteiger charge is -2.49. The van der Waals surface area contributed by atoms with E-state index in [4.69, 9.17) is 44.3 Å². The van der Waals surface area contributed by atoms with E-state index >= 15 is 0 Å². The van der Waals surface area contributed by atoms with E-state index in [0.717, 1.165) is 31.2 Å². The second-order valence-corrected chi connectivity index (χ2v) is 12.8. The van der Waals surface area contributed by atoms with Crippen molar-refractivity contribution in [3.05, 3.63) is 47.8 Å². The number of unbranched alkanes of at least 4 members (excludes halogenated alkanes) is 3. The Bertz CT molecular complexity index is 1230. The van der Waals surface area contributed by atoms with Crippen LogP contribution in [0.1, 0.15) is 48.5 Å². The van der Waals surface area contributed by atoms with Crippen LogP contribution in [0.15, 0.2) is 41.7 Å². The monoisotopic (exact) mass is 644 g/mol. The molecule has 1 spiro atoms. The molecule has 4 rings (SSSR count). The molecule has 12 nitrogen and oxygen atoms in total. The van der Waals surface area contributed by atoms with Crippen LogP contribution in [0.5, 0.6) is 0 Å². The van der Waals surface area contributed by atoms with Crippen LogP contribution >= 0.6 is 34.8 Å². The minimum Gasteiger partial charge on any atom is -0.454 e. The number of benzene rings is 1. The summed E-state index contributed by atoms with van der Waals surface area (Å²) in [6, 6.07) is 5.36. The summed E-state index contributed by atoms with van der Waals surface area (Å²) in [6.45, 7) is 8.13. The molecule has 1 aromatic carbocycles. The Morgan fingerprint density at radius 3 is 2.57 bits per heavy atom. The van der Waals surface area contributed by atoms with Crippen molar-refractivity contribution in [2.75, 3.05) is 19.7 Å². The molecule has 0 bridgehead atoms. The number of aliphatic imine (C=N–C) groups is 1. The van der Waals surface area contributed by atoms with Gasteiger partial charge in [0.25, 0.3) is 3.79 Å². The first-order valence-electron chi connectivity index (χ1n) is 13.7. The predicted octanol–water partition coefficient (Wildman–Crippen LogP) is 2.46. The standard InChI is InChI=1S/C27H35Cl3N6O6/c1-4-5-6-7-12-31-25(40)41-14-18-20-26(35-16(3)32-20)21(37)19(42-22(38)17-10-8-15(2)9-11-17)13-36(26)24(33-18)34-23(39)27(28,29)30/h8-11,18-21,32,35,37H,3-7,12-14H2,1-2H3,(H,31,40)(H,33,34,39)/t18-,19-,20-,21-,26?/m0/s1. The van der Waals surface area contributed by atoms with Gasteiger partial charge in [0.15, 0.2) is 5.66 Å². The number of ether oxygens (including phenoxy) is 2. The van der Waals surface area contributed by atoms with Crippen LogP contribution in [0.3, 0.4) is 0 Å². The number of esters is 1. The number of alkyl carbamates (subject to hydrolysis) is 1. The number of aryl methyl sites for hydroxylation is 1. The largest absolute Gasteiger partial charge is 0.454 e. The number of nitrogens with one attached hydrogen (secondary N) is 4. The lowest BCUT2D eigenvalue weighted by molar-refractivity contribution is -0.117. The molecule has 230 valence electrons. The zero-order valence-electron chi connectivity index (χ0n) is 23.3. The second-order valence-electron chi connectivity index (χ2n) is 10.5. The molecule has 3 saturated heterocycles. The van der Waals surface area contributed by atoms with Crippen LogP contribution in [-0.2, 0) is 14.3 Å². The summed E-state index contributed by atoms with van der Waals surface area (Å²) in [4.78, 5) is 43.6. The number of guanidine groups is 1. The van der Waals surface area contributed by atoms with Gasteiger partial charge in [-0.1, -0.05) is 85.3 Å². The van der Waals surface area contributed by atoms with Crippen molar-refractivity contribution in [1.29, 1.82) is 0 Å². The van der Waals surface area contributed by atoms with Crippen LogP contribution < -0.4 is 21.3 Å². The number of amides is 2. The van der Waals surface area contributed by atoms with E-state index in [1.54, 1.807) is 24.3 Å². The third kappa shape index (κ3) is 6.82. The van der Waals surface area contributed by atoms with Crippen molar-refractivity contribution in [1.82, 2.24) is 26.2 Å². The van der Waals surface area contributed by atoms with Gasteiger partial charge < -0.3 is 40.7 Å². The molecule has 5 atom stereocenters. The molecule has 3 heterocycles. The summed E-state index contributed by atoms with van der Waals surface area (Å²) in [5.74, 6) is -1.47. The van der Waals surface area contributed by atoms with Gasteiger partial charge in [0.1, 0.15) is 18.8 Å². The van der Waals surface area contributed by atoms with E-state index in [9.17, 15) is 19.5 Å². The molecular weight excluding hydrogens is 611 g/mol. The number of halogens is 3. The summed E-state index contributed by atoms with van der Waals surface area (Å²) in [6.07, 6.45) is 0.917. The number of carbonyl (C=O) groups excluding carboxylic acids is 3. The zero-order valence-corrected chi connectivity index (χ0v) is 25.6. The summed E-state index contributed by atoms with van der Waals surface area (Å²) in [5.41, 5.74) is -0.146. The lowest BCUT2D eigenvalue weighted by Crippen LogP contribution is -2.77. The van der Waals surface area contributed by atoms with Crippen molar-refractivity contribution < 1.29 is 29.0 Å². The maximum atomic E-state index is 13.0. The van der Waals surface area contributed by atoms with Crippen molar-refractivity contribution in [3.8, 4) is 0 Å². The first kappa shape index (κ1) is 32.0. The predicted molar refractivity (Wildman–Crippen MR) is 158 cm³/mol. The highest BCUT2D eigenvalue weighted by Gasteiger charge is 2.67. The van der Waals surface area contributed by atoms with Crippen LogP contribution in [-0.4, -0.2) is 87.4 Å². The summed E-state index contributed by atoms with van der Waals surface area (Å²) in [5, 5.41) is 23.8. The van der Waals surface area contributed by atoms with Gasteiger partial charge >= 0.3 is 18.0 Å². The molecule has 0 aliphatic carbocycles. The molecule has 0 saturated carbocycles. The van der Waals surface area contributed by atoms with Gasteiger partial charge in [0.05, 0.1) is 30.0 Å². The smallest absolute Gasteiger partial charge is 0.407 e. The van der Waals surface area contributed by atoms with Gasteiger partial charge in [0, 0.05) is 6.54 Å². The average molecular weight is 646 g/mol. The first-order valence-corrected chi connectivity index (χ1v) is 14.8. The molecule has 3 fully saturated rings. The second kappa shape index (κ2) is 13.2. The average Bonchev–Trinajstić information content (AvgIpc) is 3.42. The summed E-state index contributed by atoms with van der Waals surface area (Å²) < 4.78 is 8.86. The molecular formula is C27H35Cl3N6O6. The van der Waals surface area contributed by atoms with Crippen molar-refractivity contribution in [3.63, 3.8) is 0 Å². The molecule has 1 unspecified atom stereocenters. The Balaban J connectivity index is 1.58. The minimum atomic E-state index is -2.36. The maximum Gasteiger partial charge on any atom is 0.407 e. The number of rotatable bonds is 9. The Hall–Kier alpha value is -2.93. The maximum absolute atomic E-state index is 13.0. The normalized spacial score (nSPS) is 27.3. The molecule has 42 heavy (non-hydrogen) atoms. The number of alkyl halides is 3. The molecule has 5 N–H and O–H groups in total. The van der Waals surface area contributed by atoms with E-state index in [1.165, 1.54) is 4.90 Å². The van der Waals surface area contributed by atoms with Crippen molar-refractivity contribution >= 4 is 58.7 Å². The highest BCUT2D eigenvalue weighted by atomic mass is 35.6. The van der Waals surface area contributed by atoms with Gasteiger partial charge in [-0.15, -0.1) is 0 Å². The number of carbonyl (C=O) groups is 3. The number of hydrogen-bond acceptors (Lipinski definition) is 8. The molecule has 0 aromatic heterocycles. The fraction of sp³-hybridized carbons (Fsp3) is 0.556. The van der Waals surface area contributed by atoms with Crippen molar-refractivity contribution in [2.45, 2.75) is 73.3 Å². The quantitative estimate of drug-likeness (QED) is 0.154. The zero-order chi connectivity index (χ0) is 30.7. The van der Waals surface area contributed by atoms with Gasteiger partial charge in [0.2, 0.25) is 5.96 Å². The Morgan fingerprint density at radius 1 is 1.19 bits per heavy atom. The third-order valence-corrected chi connectivity index (χ3v) is 7.91. The van der Waals surface area contributed by atoms with Crippen LogP contribution in [0, 0.1) is 6.92 Å². The van der Waals surface area contributed by atoms with Gasteiger partial charge in [-0.05, 0) is 25.5 Å². The van der Waals surface area contributed by atoms with Crippen LogP contribution in [0.25, 0.3) is 0 Å². The van der Waals surface area contributed by atoms with E-state index in [0.29, 0.717) is 17.9 Å². The van der Waals surface area contributed by atoms with E-state index < -0.39 is 51.7 Å². The van der Waals surface area contributed by atoms with E-state index in [-0.39, 0.29) is 19.1 Å². The molecule has 2 amide bonds. The highest BCUT2D eigenvalue weighted by Crippen LogP contribution is 2.41. The highest BCUT2D eigenvalue weighted by molar-refractivity contribution is 6.76. The summed E-state index contributed by atoms with van der Waals surface area (Å²) >= 11 is 17.4. The van der Waals surface area contributed by atoms with Crippen LogP contribution in [0.4, 0.5) is 4.79 Å². The fourth-order valence-corrected chi connectivity index (χ4v) is 5.49. The molecule has 1 aromatic rings. The SMILES string of the molecule is C=C1N[C@H]2[C@H](COC(=O)NCCCCCC)N/C(=N/C(=O)C(Cl)(Cl)Cl)N3C[C@H](OC(=O)c4ccc(C)cc4)[C@H](O)C23N1. The Labute approximate surface area is 259 Å². The molecule has 15 heteroatoms. The number of aliphatic hydroxyl groups excluding tert-OH is 1. The Kier molecular flexibility index (Phi) is 10.0. The van der Waals surface area contributed by atoms with Gasteiger partial charge in [-0.25, -0.2) is 9.59 Å². The van der Waals surface area contributed by atoms with E-state index in [1.807, 2.05) is 6.92 Å². The molecule has 3 aliphatic rings. The van der Waals surface area contributed by atoms with E-state index in [2.05, 4.69) is 39.8 Å². The number of hydrogen-bond donors (Lipinski definition) is 5. The van der Waals surface area contributed by atoms with Crippen molar-refractivity contribution in [2.24, 2.45) is 4.99 Å². The molecule has 0 radical (unpaired) electrons. The number of aliphatic hydroxyl groups is 1. The van der Waals surface area contributed by atoms with Gasteiger partial charge in [-0.3, -0.25) is 4.79 Å². The summed E-state index contributed by atoms with van der Waals surface area (Å²) in [7, 11) is 0. The van der Waals surface area contributed by atoms with Crippen LogP contribution in [0.2, 0.25) is 0 Å². The third-order valence-electron chi connectivity index (χ3n) is 7.43. The Morgan fingerprint density at radius 2 is 1.90 bits per heavy atom. The lowest BCUT2D eigenvalue weighted by atomic mass is 9.88. The molecule has 3 aliphatic heterocycles. The fourth-order valence-electron chi connectivity index (χ4n) is 5.36. The topological polar surface area (TPSA) is 154 Å². The number of nitrogens with zero attached hydrogens (tertiary/aromatic N) is 2. The van der Waals surface area contributed by atoms with Gasteiger partial charge in [-0.2, -0.15) is 4.99 Å². The first-order chi connectivity index (χ1) is 19.9.